The Balaban J connectivity index is 1.70. The second-order valence-corrected chi connectivity index (χ2v) is 6.24. The van der Waals surface area contributed by atoms with Crippen LogP contribution in [0.15, 0.2) is 30.5 Å². The number of morpholine rings is 1. The van der Waals surface area contributed by atoms with Gasteiger partial charge < -0.3 is 14.6 Å². The van der Waals surface area contributed by atoms with Gasteiger partial charge in [-0.3, -0.25) is 9.89 Å². The fraction of sp³-hybridized carbons (Fsp3) is 0.333. The third kappa shape index (κ3) is 2.39. The number of rotatable bonds is 2. The number of hydrogen-bond acceptors (Lipinski definition) is 3. The Labute approximate surface area is 139 Å². The van der Waals surface area contributed by atoms with Crippen LogP contribution in [0.1, 0.15) is 33.4 Å². The molecule has 0 bridgehead atoms. The normalized spacial score (nSPS) is 18.2. The van der Waals surface area contributed by atoms with Gasteiger partial charge in [0, 0.05) is 34.9 Å². The SMILES string of the molecule is Cc1[nH]c2ccc(C(=O)N3CCOC[C@@H]3c3ccn[nH]3)cc2c1C. The number of carbonyl (C=O) groups is 1. The van der Waals surface area contributed by atoms with Crippen LogP contribution < -0.4 is 0 Å². The molecule has 3 heterocycles. The minimum atomic E-state index is -0.126. The minimum Gasteiger partial charge on any atom is -0.377 e. The number of fused-ring (bicyclic) bond motifs is 1. The van der Waals surface area contributed by atoms with Gasteiger partial charge in [0.25, 0.3) is 5.91 Å². The van der Waals surface area contributed by atoms with E-state index in [1.807, 2.05) is 36.1 Å². The third-order valence-corrected chi connectivity index (χ3v) is 4.83. The van der Waals surface area contributed by atoms with Crippen molar-refractivity contribution in [1.29, 1.82) is 0 Å². The Kier molecular flexibility index (Phi) is 3.61. The number of aromatic nitrogens is 3. The predicted octanol–water partition coefficient (Wildman–Crippen LogP) is 2.72. The average Bonchev–Trinajstić information content (AvgIpc) is 3.23. The summed E-state index contributed by atoms with van der Waals surface area (Å²) in [5.74, 6) is 0.0260. The van der Waals surface area contributed by atoms with Crippen LogP contribution in [0.4, 0.5) is 0 Å². The Morgan fingerprint density at radius 3 is 3.00 bits per heavy atom. The summed E-state index contributed by atoms with van der Waals surface area (Å²) in [5, 5.41) is 8.05. The summed E-state index contributed by atoms with van der Waals surface area (Å²) in [4.78, 5) is 18.3. The second-order valence-electron chi connectivity index (χ2n) is 6.24. The zero-order chi connectivity index (χ0) is 16.7. The van der Waals surface area contributed by atoms with Gasteiger partial charge in [0.15, 0.2) is 0 Å². The van der Waals surface area contributed by atoms with Crippen molar-refractivity contribution >= 4 is 16.8 Å². The molecule has 0 unspecified atom stereocenters. The highest BCUT2D eigenvalue weighted by Gasteiger charge is 2.30. The van der Waals surface area contributed by atoms with Crippen LogP contribution in [0.5, 0.6) is 0 Å². The van der Waals surface area contributed by atoms with E-state index in [2.05, 4.69) is 22.1 Å². The highest BCUT2D eigenvalue weighted by Crippen LogP contribution is 2.27. The highest BCUT2D eigenvalue weighted by molar-refractivity contribution is 5.99. The van der Waals surface area contributed by atoms with Gasteiger partial charge in [-0.25, -0.2) is 0 Å². The predicted molar refractivity (Wildman–Crippen MR) is 91.0 cm³/mol. The first-order chi connectivity index (χ1) is 11.6. The van der Waals surface area contributed by atoms with Gasteiger partial charge in [-0.05, 0) is 43.7 Å². The van der Waals surface area contributed by atoms with Crippen LogP contribution >= 0.6 is 0 Å². The van der Waals surface area contributed by atoms with Crippen LogP contribution in [0.25, 0.3) is 10.9 Å². The van der Waals surface area contributed by atoms with E-state index >= 15 is 0 Å². The maximum Gasteiger partial charge on any atom is 0.254 e. The molecular formula is C18H20N4O2. The molecule has 0 aliphatic carbocycles. The van der Waals surface area contributed by atoms with Gasteiger partial charge in [0.2, 0.25) is 0 Å². The molecule has 0 radical (unpaired) electrons. The molecule has 1 atom stereocenters. The molecule has 124 valence electrons. The summed E-state index contributed by atoms with van der Waals surface area (Å²) >= 11 is 0. The van der Waals surface area contributed by atoms with Crippen LogP contribution in [0.3, 0.4) is 0 Å². The molecule has 4 rings (SSSR count). The third-order valence-electron chi connectivity index (χ3n) is 4.83. The second kappa shape index (κ2) is 5.79. The maximum absolute atomic E-state index is 13.1. The highest BCUT2D eigenvalue weighted by atomic mass is 16.5. The van der Waals surface area contributed by atoms with Gasteiger partial charge in [0.05, 0.1) is 24.9 Å². The topological polar surface area (TPSA) is 74.0 Å². The fourth-order valence-corrected chi connectivity index (χ4v) is 3.32. The molecule has 1 fully saturated rings. The largest absolute Gasteiger partial charge is 0.377 e. The lowest BCUT2D eigenvalue weighted by Gasteiger charge is -2.35. The van der Waals surface area contributed by atoms with E-state index < -0.39 is 0 Å². The average molecular weight is 324 g/mol. The molecule has 24 heavy (non-hydrogen) atoms. The monoisotopic (exact) mass is 324 g/mol. The lowest BCUT2D eigenvalue weighted by atomic mass is 10.1. The van der Waals surface area contributed by atoms with E-state index in [1.54, 1.807) is 6.20 Å². The number of amides is 1. The van der Waals surface area contributed by atoms with Crippen molar-refractivity contribution in [2.75, 3.05) is 19.8 Å². The standard InChI is InChI=1S/C18H20N4O2/c1-11-12(2)20-15-4-3-13(9-14(11)15)18(23)22-7-8-24-10-17(22)16-5-6-19-21-16/h3-6,9,17,20H,7-8,10H2,1-2H3,(H,19,21)/t17-/m1/s1. The zero-order valence-corrected chi connectivity index (χ0v) is 13.8. The van der Waals surface area contributed by atoms with Crippen LogP contribution in [-0.2, 0) is 4.74 Å². The number of nitrogens with one attached hydrogen (secondary N) is 2. The van der Waals surface area contributed by atoms with E-state index in [1.165, 1.54) is 5.56 Å². The number of aromatic amines is 2. The van der Waals surface area contributed by atoms with Crippen molar-refractivity contribution in [3.63, 3.8) is 0 Å². The zero-order valence-electron chi connectivity index (χ0n) is 13.8. The van der Waals surface area contributed by atoms with Crippen molar-refractivity contribution in [3.8, 4) is 0 Å². The Bertz CT molecular complexity index is 882. The molecule has 2 aromatic heterocycles. The maximum atomic E-state index is 13.1. The number of ether oxygens (including phenoxy) is 1. The molecule has 1 aliphatic heterocycles. The quantitative estimate of drug-likeness (QED) is 0.761. The Morgan fingerprint density at radius 1 is 1.33 bits per heavy atom. The summed E-state index contributed by atoms with van der Waals surface area (Å²) in [5.41, 5.74) is 4.99. The molecule has 3 aromatic rings. The molecule has 2 N–H and O–H groups in total. The van der Waals surface area contributed by atoms with Crippen LogP contribution in [0.2, 0.25) is 0 Å². The van der Waals surface area contributed by atoms with Gasteiger partial charge in [-0.15, -0.1) is 0 Å². The molecule has 6 heteroatoms. The lowest BCUT2D eigenvalue weighted by molar-refractivity contribution is -0.00390. The summed E-state index contributed by atoms with van der Waals surface area (Å²) < 4.78 is 5.57. The fourth-order valence-electron chi connectivity index (χ4n) is 3.32. The van der Waals surface area contributed by atoms with Crippen molar-refractivity contribution in [3.05, 3.63) is 53.0 Å². The van der Waals surface area contributed by atoms with Crippen molar-refractivity contribution < 1.29 is 9.53 Å². The van der Waals surface area contributed by atoms with Crippen LogP contribution in [-0.4, -0.2) is 45.7 Å². The van der Waals surface area contributed by atoms with Gasteiger partial charge in [-0.1, -0.05) is 0 Å². The molecule has 0 saturated carbocycles. The molecule has 6 nitrogen and oxygen atoms in total. The Morgan fingerprint density at radius 2 is 2.21 bits per heavy atom. The van der Waals surface area contributed by atoms with E-state index in [0.29, 0.717) is 25.3 Å². The minimum absolute atomic E-state index is 0.0260. The molecule has 0 spiro atoms. The summed E-state index contributed by atoms with van der Waals surface area (Å²) in [6.45, 7) is 5.74. The first-order valence-corrected chi connectivity index (χ1v) is 8.12. The number of nitrogens with zero attached hydrogens (tertiary/aromatic N) is 2. The Hall–Kier alpha value is -2.60. The lowest BCUT2D eigenvalue weighted by Crippen LogP contribution is -2.43. The summed E-state index contributed by atoms with van der Waals surface area (Å²) in [7, 11) is 0. The summed E-state index contributed by atoms with van der Waals surface area (Å²) in [6.07, 6.45) is 1.70. The number of benzene rings is 1. The van der Waals surface area contributed by atoms with Gasteiger partial charge >= 0.3 is 0 Å². The number of carbonyl (C=O) groups excluding carboxylic acids is 1. The molecule has 1 aliphatic rings. The number of aryl methyl sites for hydroxylation is 2. The summed E-state index contributed by atoms with van der Waals surface area (Å²) in [6, 6.07) is 7.62. The first-order valence-electron chi connectivity index (χ1n) is 8.12. The first kappa shape index (κ1) is 15.0. The van der Waals surface area contributed by atoms with Crippen molar-refractivity contribution in [2.24, 2.45) is 0 Å². The van der Waals surface area contributed by atoms with E-state index in [0.717, 1.165) is 22.3 Å². The number of hydrogen-bond donors (Lipinski definition) is 2. The van der Waals surface area contributed by atoms with Crippen molar-refractivity contribution in [1.82, 2.24) is 20.1 Å². The van der Waals surface area contributed by atoms with E-state index in [9.17, 15) is 4.79 Å². The van der Waals surface area contributed by atoms with E-state index in [4.69, 9.17) is 4.74 Å². The number of H-pyrrole nitrogens is 2. The molecule has 1 saturated heterocycles. The smallest absolute Gasteiger partial charge is 0.254 e. The molecule has 1 aromatic carbocycles. The van der Waals surface area contributed by atoms with E-state index in [-0.39, 0.29) is 11.9 Å². The van der Waals surface area contributed by atoms with Crippen molar-refractivity contribution in [2.45, 2.75) is 19.9 Å². The van der Waals surface area contributed by atoms with Gasteiger partial charge in [0.1, 0.15) is 0 Å². The molecular weight excluding hydrogens is 304 g/mol. The molecule has 1 amide bonds. The van der Waals surface area contributed by atoms with Gasteiger partial charge in [-0.2, -0.15) is 5.10 Å². The van der Waals surface area contributed by atoms with Crippen LogP contribution in [0, 0.1) is 13.8 Å².